The molecule has 2 N–H and O–H groups in total. The number of halogens is 1. The normalized spacial score (nSPS) is 31.1. The van der Waals surface area contributed by atoms with Crippen LogP contribution in [0.5, 0.6) is 0 Å². The van der Waals surface area contributed by atoms with Crippen LogP contribution in [0.4, 0.5) is 15.8 Å². The molecule has 4 rings (SSSR count). The third-order valence-electron chi connectivity index (χ3n) is 4.85. The van der Waals surface area contributed by atoms with E-state index in [9.17, 15) is 4.39 Å². The van der Waals surface area contributed by atoms with E-state index >= 15 is 0 Å². The third-order valence-corrected chi connectivity index (χ3v) is 4.85. The molecule has 1 aromatic rings. The summed E-state index contributed by atoms with van der Waals surface area (Å²) in [6, 6.07) is 4.94. The second kappa shape index (κ2) is 4.33. The first-order valence-electron chi connectivity index (χ1n) is 7.23. The highest BCUT2D eigenvalue weighted by atomic mass is 19.1. The van der Waals surface area contributed by atoms with Gasteiger partial charge in [-0.15, -0.1) is 0 Å². The zero-order valence-corrected chi connectivity index (χ0v) is 11.3. The molecule has 2 saturated heterocycles. The van der Waals surface area contributed by atoms with Crippen LogP contribution < -0.4 is 10.6 Å². The predicted molar refractivity (Wildman–Crippen MR) is 73.9 cm³/mol. The molecule has 0 radical (unpaired) electrons. The van der Waals surface area contributed by atoms with Gasteiger partial charge in [0.25, 0.3) is 0 Å². The zero-order valence-electron chi connectivity index (χ0n) is 11.3. The average molecular weight is 278 g/mol. The van der Waals surface area contributed by atoms with E-state index in [0.29, 0.717) is 36.4 Å². The van der Waals surface area contributed by atoms with Crippen molar-refractivity contribution in [2.45, 2.75) is 18.6 Å². The molecule has 1 saturated carbocycles. The second-order valence-corrected chi connectivity index (χ2v) is 6.15. The second-order valence-electron chi connectivity index (χ2n) is 6.15. The fraction of sp³-hybridized carbons (Fsp3) is 0.600. The summed E-state index contributed by atoms with van der Waals surface area (Å²) in [6.07, 6.45) is 1.87. The predicted octanol–water partition coefficient (Wildman–Crippen LogP) is 2.00. The highest BCUT2D eigenvalue weighted by Crippen LogP contribution is 2.48. The van der Waals surface area contributed by atoms with E-state index in [2.05, 4.69) is 4.90 Å². The van der Waals surface area contributed by atoms with Gasteiger partial charge in [0.05, 0.1) is 18.9 Å². The first-order chi connectivity index (χ1) is 9.65. The number of anilines is 2. The summed E-state index contributed by atoms with van der Waals surface area (Å²) < 4.78 is 25.6. The van der Waals surface area contributed by atoms with Crippen LogP contribution in [-0.4, -0.2) is 32.1 Å². The van der Waals surface area contributed by atoms with Gasteiger partial charge in [-0.05, 0) is 30.0 Å². The van der Waals surface area contributed by atoms with Gasteiger partial charge in [0, 0.05) is 31.6 Å². The number of hydrogen-bond acceptors (Lipinski definition) is 4. The van der Waals surface area contributed by atoms with Gasteiger partial charge >= 0.3 is 0 Å². The lowest BCUT2D eigenvalue weighted by Gasteiger charge is -2.26. The Bertz CT molecular complexity index is 515. The quantitative estimate of drug-likeness (QED) is 0.798. The summed E-state index contributed by atoms with van der Waals surface area (Å²) >= 11 is 0. The standard InChI is InChI=1S/C15H19FN2O2/c16-13-5-12(17)1-2-14(13)18-8-10-6-15(7-11(10)9-18)19-3-4-20-15/h1-2,5,10-11H,3-4,6-9,17H2. The molecule has 2 heterocycles. The minimum absolute atomic E-state index is 0.229. The van der Waals surface area contributed by atoms with Crippen molar-refractivity contribution in [3.63, 3.8) is 0 Å². The van der Waals surface area contributed by atoms with Gasteiger partial charge in [-0.25, -0.2) is 4.39 Å². The maximum atomic E-state index is 14.0. The summed E-state index contributed by atoms with van der Waals surface area (Å²) in [5.41, 5.74) is 6.74. The Balaban J connectivity index is 1.50. The SMILES string of the molecule is Nc1ccc(N2CC3CC4(CC3C2)OCCO4)c(F)c1. The fourth-order valence-electron chi connectivity index (χ4n) is 3.99. The van der Waals surface area contributed by atoms with Crippen molar-refractivity contribution in [2.24, 2.45) is 11.8 Å². The van der Waals surface area contributed by atoms with Crippen molar-refractivity contribution >= 4 is 11.4 Å². The molecule has 3 aliphatic rings. The van der Waals surface area contributed by atoms with E-state index in [1.54, 1.807) is 12.1 Å². The molecule has 4 nitrogen and oxygen atoms in total. The van der Waals surface area contributed by atoms with Gasteiger partial charge in [-0.1, -0.05) is 0 Å². The zero-order chi connectivity index (χ0) is 13.7. The molecule has 2 atom stereocenters. The number of nitrogens with two attached hydrogens (primary N) is 1. The van der Waals surface area contributed by atoms with Crippen LogP contribution in [-0.2, 0) is 9.47 Å². The summed E-state index contributed by atoms with van der Waals surface area (Å²) in [7, 11) is 0. The van der Waals surface area contributed by atoms with E-state index in [0.717, 1.165) is 25.9 Å². The van der Waals surface area contributed by atoms with Crippen LogP contribution in [0.2, 0.25) is 0 Å². The van der Waals surface area contributed by atoms with E-state index in [-0.39, 0.29) is 11.6 Å². The minimum Gasteiger partial charge on any atom is -0.399 e. The molecular weight excluding hydrogens is 259 g/mol. The Morgan fingerprint density at radius 2 is 1.80 bits per heavy atom. The Labute approximate surface area is 117 Å². The Morgan fingerprint density at radius 3 is 2.40 bits per heavy atom. The molecule has 1 aromatic carbocycles. The lowest BCUT2D eigenvalue weighted by molar-refractivity contribution is -0.154. The largest absolute Gasteiger partial charge is 0.399 e. The van der Waals surface area contributed by atoms with E-state index in [1.807, 2.05) is 0 Å². The topological polar surface area (TPSA) is 47.7 Å². The van der Waals surface area contributed by atoms with E-state index in [4.69, 9.17) is 15.2 Å². The first-order valence-corrected chi connectivity index (χ1v) is 7.23. The molecule has 5 heteroatoms. The molecule has 2 aliphatic heterocycles. The number of ether oxygens (including phenoxy) is 2. The third kappa shape index (κ3) is 1.88. The lowest BCUT2D eigenvalue weighted by atomic mass is 10.0. The lowest BCUT2D eigenvalue weighted by Crippen LogP contribution is -2.31. The van der Waals surface area contributed by atoms with Crippen LogP contribution in [0.1, 0.15) is 12.8 Å². The van der Waals surface area contributed by atoms with Crippen molar-refractivity contribution in [2.75, 3.05) is 36.9 Å². The monoisotopic (exact) mass is 278 g/mol. The molecule has 3 fully saturated rings. The van der Waals surface area contributed by atoms with Gasteiger partial charge in [0.1, 0.15) is 5.82 Å². The molecule has 1 spiro atoms. The molecule has 20 heavy (non-hydrogen) atoms. The Kier molecular flexibility index (Phi) is 2.69. The number of benzene rings is 1. The summed E-state index contributed by atoms with van der Waals surface area (Å²) in [6.45, 7) is 3.16. The van der Waals surface area contributed by atoms with Crippen LogP contribution >= 0.6 is 0 Å². The summed E-state index contributed by atoms with van der Waals surface area (Å²) in [5.74, 6) is 0.504. The maximum Gasteiger partial charge on any atom is 0.169 e. The summed E-state index contributed by atoms with van der Waals surface area (Å²) in [5, 5.41) is 0. The molecule has 0 amide bonds. The van der Waals surface area contributed by atoms with Crippen molar-refractivity contribution in [1.82, 2.24) is 0 Å². The molecule has 0 bridgehead atoms. The summed E-state index contributed by atoms with van der Waals surface area (Å²) in [4.78, 5) is 2.13. The van der Waals surface area contributed by atoms with E-state index in [1.165, 1.54) is 6.07 Å². The molecule has 1 aliphatic carbocycles. The van der Waals surface area contributed by atoms with E-state index < -0.39 is 0 Å². The van der Waals surface area contributed by atoms with Crippen LogP contribution in [0.3, 0.4) is 0 Å². The maximum absolute atomic E-state index is 14.0. The fourth-order valence-corrected chi connectivity index (χ4v) is 3.99. The van der Waals surface area contributed by atoms with Crippen molar-refractivity contribution in [3.05, 3.63) is 24.0 Å². The number of hydrogen-bond donors (Lipinski definition) is 1. The van der Waals surface area contributed by atoms with Crippen molar-refractivity contribution in [1.29, 1.82) is 0 Å². The van der Waals surface area contributed by atoms with Crippen molar-refractivity contribution < 1.29 is 13.9 Å². The molecule has 2 unspecified atom stereocenters. The first kappa shape index (κ1) is 12.4. The van der Waals surface area contributed by atoms with Gasteiger partial charge < -0.3 is 20.1 Å². The molecule has 108 valence electrons. The number of rotatable bonds is 1. The number of nitrogens with zero attached hydrogens (tertiary/aromatic N) is 1. The van der Waals surface area contributed by atoms with Crippen LogP contribution in [0, 0.1) is 17.7 Å². The van der Waals surface area contributed by atoms with Gasteiger partial charge in [-0.3, -0.25) is 0 Å². The van der Waals surface area contributed by atoms with Gasteiger partial charge in [0.15, 0.2) is 5.79 Å². The van der Waals surface area contributed by atoms with Gasteiger partial charge in [0.2, 0.25) is 0 Å². The van der Waals surface area contributed by atoms with Crippen LogP contribution in [0.25, 0.3) is 0 Å². The molecule has 0 aromatic heterocycles. The van der Waals surface area contributed by atoms with Crippen LogP contribution in [0.15, 0.2) is 18.2 Å². The smallest absolute Gasteiger partial charge is 0.169 e. The number of fused-ring (bicyclic) bond motifs is 1. The highest BCUT2D eigenvalue weighted by Gasteiger charge is 2.52. The number of nitrogen functional groups attached to an aromatic ring is 1. The Hall–Kier alpha value is -1.33. The van der Waals surface area contributed by atoms with Gasteiger partial charge in [-0.2, -0.15) is 0 Å². The highest BCUT2D eigenvalue weighted by molar-refractivity contribution is 5.55. The van der Waals surface area contributed by atoms with Crippen molar-refractivity contribution in [3.8, 4) is 0 Å². The Morgan fingerprint density at radius 1 is 1.15 bits per heavy atom. The average Bonchev–Trinajstić information content (AvgIpc) is 3.05. The molecular formula is C15H19FN2O2. The minimum atomic E-state index is -0.332.